The minimum Gasteiger partial charge on any atom is -0.465 e. The van der Waals surface area contributed by atoms with E-state index < -0.39 is 16.2 Å². The van der Waals surface area contributed by atoms with E-state index in [1.54, 1.807) is 48.5 Å². The molecule has 1 heterocycles. The van der Waals surface area contributed by atoms with Crippen LogP contribution in [0.15, 0.2) is 72.8 Å². The highest BCUT2D eigenvalue weighted by Gasteiger charge is 2.26. The summed E-state index contributed by atoms with van der Waals surface area (Å²) in [5.41, 5.74) is 4.57. The number of fused-ring (bicyclic) bond motifs is 1. The van der Waals surface area contributed by atoms with Gasteiger partial charge in [0.15, 0.2) is 0 Å². The van der Waals surface area contributed by atoms with E-state index in [0.29, 0.717) is 36.2 Å². The normalized spacial score (nSPS) is 13.6. The highest BCUT2D eigenvalue weighted by Crippen LogP contribution is 2.20. The summed E-state index contributed by atoms with van der Waals surface area (Å²) < 4.78 is 34.4. The smallest absolute Gasteiger partial charge is 0.337 e. The number of hydrogen-bond acceptors (Lipinski definition) is 5. The monoisotopic (exact) mass is 493 g/mol. The molecule has 0 fully saturated rings. The zero-order chi connectivity index (χ0) is 24.8. The van der Waals surface area contributed by atoms with Gasteiger partial charge in [-0.1, -0.05) is 48.5 Å². The lowest BCUT2D eigenvalue weighted by Gasteiger charge is -2.28. The number of benzene rings is 3. The fourth-order valence-electron chi connectivity index (χ4n) is 3.92. The van der Waals surface area contributed by atoms with Crippen molar-refractivity contribution in [1.82, 2.24) is 14.3 Å². The second-order valence-corrected chi connectivity index (χ2v) is 10.0. The molecule has 0 saturated carbocycles. The summed E-state index contributed by atoms with van der Waals surface area (Å²) in [7, 11) is -2.34. The lowest BCUT2D eigenvalue weighted by Crippen LogP contribution is -2.43. The molecule has 1 amide bonds. The van der Waals surface area contributed by atoms with Crippen molar-refractivity contribution < 1.29 is 22.7 Å². The summed E-state index contributed by atoms with van der Waals surface area (Å²) in [6.45, 7) is 1.13. The minimum absolute atomic E-state index is 0.0800. The Morgan fingerprint density at radius 2 is 1.63 bits per heavy atom. The first-order valence-electron chi connectivity index (χ1n) is 11.2. The number of nitrogens with one attached hydrogen (secondary N) is 2. The highest BCUT2D eigenvalue weighted by atomic mass is 32.2. The zero-order valence-electron chi connectivity index (χ0n) is 19.4. The van der Waals surface area contributed by atoms with Crippen molar-refractivity contribution in [2.75, 3.05) is 13.7 Å². The van der Waals surface area contributed by atoms with Gasteiger partial charge in [0.2, 0.25) is 0 Å². The molecule has 8 nitrogen and oxygen atoms in total. The molecule has 0 unspecified atom stereocenters. The lowest BCUT2D eigenvalue weighted by atomic mass is 10.0. The second-order valence-electron chi connectivity index (χ2n) is 8.25. The number of hydrogen-bond donors (Lipinski definition) is 2. The lowest BCUT2D eigenvalue weighted by molar-refractivity contribution is 0.0600. The van der Waals surface area contributed by atoms with Crippen LogP contribution in [0.5, 0.6) is 0 Å². The van der Waals surface area contributed by atoms with Crippen molar-refractivity contribution in [3.05, 3.63) is 106 Å². The Bertz CT molecular complexity index is 1320. The molecule has 0 saturated heterocycles. The van der Waals surface area contributed by atoms with Crippen molar-refractivity contribution >= 4 is 22.1 Å². The largest absolute Gasteiger partial charge is 0.465 e. The summed E-state index contributed by atoms with van der Waals surface area (Å²) >= 11 is 0. The average Bonchev–Trinajstić information content (AvgIpc) is 2.90. The Morgan fingerprint density at radius 3 is 2.37 bits per heavy atom. The van der Waals surface area contributed by atoms with Crippen LogP contribution < -0.4 is 10.0 Å². The third kappa shape index (κ3) is 6.13. The van der Waals surface area contributed by atoms with Crippen LogP contribution in [0, 0.1) is 0 Å². The van der Waals surface area contributed by atoms with E-state index in [0.717, 1.165) is 11.1 Å². The van der Waals surface area contributed by atoms with Gasteiger partial charge in [0.25, 0.3) is 16.1 Å². The van der Waals surface area contributed by atoms with Gasteiger partial charge in [0.05, 0.1) is 12.7 Å². The minimum atomic E-state index is -3.67. The number of carbonyl (C=O) groups excluding carboxylic acids is 2. The van der Waals surface area contributed by atoms with Crippen molar-refractivity contribution in [2.45, 2.75) is 26.1 Å². The van der Waals surface area contributed by atoms with Crippen molar-refractivity contribution in [3.63, 3.8) is 0 Å². The van der Waals surface area contributed by atoms with Gasteiger partial charge in [0, 0.05) is 31.7 Å². The molecular formula is C26H27N3O5S. The maximum absolute atomic E-state index is 12.8. The SMILES string of the molecule is COC(=O)c1ccc(CNC(=O)c2cccc(CNS(=O)(=O)N3CCc4ccccc4C3)c2)cc1. The summed E-state index contributed by atoms with van der Waals surface area (Å²) in [6.07, 6.45) is 0.679. The van der Waals surface area contributed by atoms with Crippen LogP contribution in [-0.2, 0) is 41.0 Å². The zero-order valence-corrected chi connectivity index (χ0v) is 20.2. The molecule has 182 valence electrons. The molecule has 4 rings (SSSR count). The Labute approximate surface area is 205 Å². The number of nitrogens with zero attached hydrogens (tertiary/aromatic N) is 1. The number of carbonyl (C=O) groups is 2. The van der Waals surface area contributed by atoms with Crippen molar-refractivity contribution in [1.29, 1.82) is 0 Å². The topological polar surface area (TPSA) is 105 Å². The van der Waals surface area contributed by atoms with Crippen LogP contribution in [0.4, 0.5) is 0 Å². The Balaban J connectivity index is 1.33. The van der Waals surface area contributed by atoms with Crippen LogP contribution in [0.25, 0.3) is 0 Å². The average molecular weight is 494 g/mol. The maximum atomic E-state index is 12.8. The quantitative estimate of drug-likeness (QED) is 0.470. The number of esters is 1. The Kier molecular flexibility index (Phi) is 7.60. The molecule has 2 N–H and O–H groups in total. The Morgan fingerprint density at radius 1 is 0.886 bits per heavy atom. The maximum Gasteiger partial charge on any atom is 0.337 e. The van der Waals surface area contributed by atoms with Crippen LogP contribution >= 0.6 is 0 Å². The van der Waals surface area contributed by atoms with Gasteiger partial charge in [0.1, 0.15) is 0 Å². The highest BCUT2D eigenvalue weighted by molar-refractivity contribution is 7.87. The van der Waals surface area contributed by atoms with Crippen LogP contribution in [0.2, 0.25) is 0 Å². The van der Waals surface area contributed by atoms with Gasteiger partial charge in [-0.25, -0.2) is 4.79 Å². The molecule has 1 aliphatic heterocycles. The van der Waals surface area contributed by atoms with Crippen LogP contribution in [0.3, 0.4) is 0 Å². The first kappa shape index (κ1) is 24.6. The first-order valence-corrected chi connectivity index (χ1v) is 12.7. The predicted octanol–water partition coefficient (Wildman–Crippen LogP) is 2.80. The predicted molar refractivity (Wildman–Crippen MR) is 132 cm³/mol. The van der Waals surface area contributed by atoms with E-state index in [1.165, 1.54) is 17.0 Å². The van der Waals surface area contributed by atoms with Gasteiger partial charge < -0.3 is 10.1 Å². The summed E-state index contributed by atoms with van der Waals surface area (Å²) in [5.74, 6) is -0.697. The third-order valence-corrected chi connectivity index (χ3v) is 7.41. The number of amides is 1. The van der Waals surface area contributed by atoms with E-state index in [9.17, 15) is 18.0 Å². The molecule has 9 heteroatoms. The molecule has 1 aliphatic rings. The number of ether oxygens (including phenoxy) is 1. The number of methoxy groups -OCH3 is 1. The molecule has 0 radical (unpaired) electrons. The molecule has 0 spiro atoms. The van der Waals surface area contributed by atoms with E-state index in [-0.39, 0.29) is 19.0 Å². The molecule has 3 aromatic carbocycles. The van der Waals surface area contributed by atoms with Crippen LogP contribution in [-0.4, -0.2) is 38.3 Å². The second kappa shape index (κ2) is 10.8. The Hall–Kier alpha value is -3.53. The molecule has 3 aromatic rings. The van der Waals surface area contributed by atoms with E-state index in [1.807, 2.05) is 24.3 Å². The van der Waals surface area contributed by atoms with Crippen molar-refractivity contribution in [2.24, 2.45) is 0 Å². The van der Waals surface area contributed by atoms with E-state index in [4.69, 9.17) is 0 Å². The van der Waals surface area contributed by atoms with Gasteiger partial charge in [-0.05, 0) is 52.9 Å². The molecule has 0 atom stereocenters. The number of rotatable bonds is 8. The fraction of sp³-hybridized carbons (Fsp3) is 0.231. The van der Waals surface area contributed by atoms with E-state index >= 15 is 0 Å². The molecule has 0 bridgehead atoms. The van der Waals surface area contributed by atoms with Crippen molar-refractivity contribution in [3.8, 4) is 0 Å². The van der Waals surface area contributed by atoms with Gasteiger partial charge in [-0.15, -0.1) is 0 Å². The van der Waals surface area contributed by atoms with E-state index in [2.05, 4.69) is 14.8 Å². The molecule has 35 heavy (non-hydrogen) atoms. The summed E-state index contributed by atoms with van der Waals surface area (Å²) in [4.78, 5) is 24.1. The fourth-order valence-corrected chi connectivity index (χ4v) is 5.10. The molecule has 0 aliphatic carbocycles. The molecule has 0 aromatic heterocycles. The third-order valence-electron chi connectivity index (χ3n) is 5.91. The van der Waals surface area contributed by atoms with Gasteiger partial charge in [-0.3, -0.25) is 4.79 Å². The summed E-state index contributed by atoms with van der Waals surface area (Å²) in [6, 6.07) is 21.5. The standard InChI is InChI=1S/C26H27N3O5S/c1-34-26(31)22-11-9-19(10-12-22)16-27-25(30)23-8-4-5-20(15-23)17-28-35(32,33)29-14-13-21-6-2-3-7-24(21)18-29/h2-12,15,28H,13-14,16-18H2,1H3,(H,27,30). The van der Waals surface area contributed by atoms with Gasteiger partial charge >= 0.3 is 5.97 Å². The van der Waals surface area contributed by atoms with Gasteiger partial charge in [-0.2, -0.15) is 17.4 Å². The van der Waals surface area contributed by atoms with Crippen LogP contribution in [0.1, 0.15) is 43.0 Å². The first-order chi connectivity index (χ1) is 16.9. The molecular weight excluding hydrogens is 466 g/mol. The summed E-state index contributed by atoms with van der Waals surface area (Å²) in [5, 5.41) is 2.84.